The maximum Gasteiger partial charge on any atom is 0.225 e. The van der Waals surface area contributed by atoms with Crippen molar-refractivity contribution in [1.82, 2.24) is 24.6 Å². The number of benzene rings is 1. The molecule has 0 spiro atoms. The Morgan fingerprint density at radius 2 is 1.90 bits per heavy atom. The van der Waals surface area contributed by atoms with Gasteiger partial charge in [-0.25, -0.2) is 14.6 Å². The van der Waals surface area contributed by atoms with Gasteiger partial charge >= 0.3 is 0 Å². The maximum absolute atomic E-state index is 12.8. The molecule has 2 fully saturated rings. The molecule has 3 heterocycles. The van der Waals surface area contributed by atoms with E-state index >= 15 is 0 Å². The highest BCUT2D eigenvalue weighted by atomic mass is 16.5. The van der Waals surface area contributed by atoms with Gasteiger partial charge in [-0.3, -0.25) is 4.79 Å². The summed E-state index contributed by atoms with van der Waals surface area (Å²) in [5, 5.41) is 4.89. The van der Waals surface area contributed by atoms with Gasteiger partial charge in [0.25, 0.3) is 0 Å². The number of nitrogens with zero attached hydrogens (tertiary/aromatic N) is 5. The first kappa shape index (κ1) is 19.0. The Kier molecular flexibility index (Phi) is 5.34. The fourth-order valence-electron chi connectivity index (χ4n) is 4.44. The van der Waals surface area contributed by atoms with Crippen LogP contribution < -0.4 is 4.74 Å². The lowest BCUT2D eigenvalue weighted by Gasteiger charge is -2.36. The van der Waals surface area contributed by atoms with E-state index < -0.39 is 0 Å². The fraction of sp³-hybridized carbons (Fsp3) is 0.478. The van der Waals surface area contributed by atoms with Crippen molar-refractivity contribution in [2.24, 2.45) is 5.92 Å². The first-order valence-electron chi connectivity index (χ1n) is 10.9. The van der Waals surface area contributed by atoms with Gasteiger partial charge in [-0.05, 0) is 37.8 Å². The summed E-state index contributed by atoms with van der Waals surface area (Å²) < 4.78 is 7.74. The van der Waals surface area contributed by atoms with E-state index in [1.807, 2.05) is 35.0 Å². The van der Waals surface area contributed by atoms with Crippen LogP contribution in [0.2, 0.25) is 0 Å². The Bertz CT molecular complexity index is 1010. The zero-order valence-corrected chi connectivity index (χ0v) is 17.1. The molecular weight excluding hydrogens is 378 g/mol. The van der Waals surface area contributed by atoms with Gasteiger partial charge in [-0.2, -0.15) is 5.10 Å². The van der Waals surface area contributed by atoms with E-state index in [0.29, 0.717) is 19.1 Å². The average molecular weight is 406 g/mol. The van der Waals surface area contributed by atoms with E-state index in [9.17, 15) is 4.79 Å². The lowest BCUT2D eigenvalue weighted by atomic mass is 9.83. The van der Waals surface area contributed by atoms with Crippen LogP contribution in [0.15, 0.2) is 42.7 Å². The van der Waals surface area contributed by atoms with Crippen molar-refractivity contribution >= 4 is 17.1 Å². The molecule has 0 unspecified atom stereocenters. The molecule has 2 aliphatic rings. The molecule has 1 saturated heterocycles. The monoisotopic (exact) mass is 405 g/mol. The van der Waals surface area contributed by atoms with Crippen molar-refractivity contribution in [3.63, 3.8) is 0 Å². The molecule has 0 N–H and O–H groups in total. The average Bonchev–Trinajstić information content (AvgIpc) is 3.12. The lowest BCUT2D eigenvalue weighted by Crippen LogP contribution is -2.44. The standard InChI is InChI=1S/C23H27N5O2/c29-23(17-6-4-7-17)27-13-5-8-18(16-27)20-21-22(25-12-11-24-21)28(26-20)14-15-30-19-9-2-1-3-10-19/h1-3,9-12,17-18H,4-8,13-16H2/t18-/m1/s1. The number of carbonyl (C=O) groups excluding carboxylic acids is 1. The van der Waals surface area contributed by atoms with Crippen molar-refractivity contribution in [2.45, 2.75) is 44.6 Å². The molecule has 1 aliphatic carbocycles. The van der Waals surface area contributed by atoms with Crippen molar-refractivity contribution in [1.29, 1.82) is 0 Å². The minimum atomic E-state index is 0.207. The van der Waals surface area contributed by atoms with Gasteiger partial charge in [-0.15, -0.1) is 0 Å². The second-order valence-corrected chi connectivity index (χ2v) is 8.25. The molecule has 5 rings (SSSR count). The van der Waals surface area contributed by atoms with Crippen molar-refractivity contribution in [2.75, 3.05) is 19.7 Å². The number of amides is 1. The highest BCUT2D eigenvalue weighted by Gasteiger charge is 2.34. The molecule has 7 heteroatoms. The molecule has 1 aliphatic heterocycles. The summed E-state index contributed by atoms with van der Waals surface area (Å²) in [4.78, 5) is 23.9. The fourth-order valence-corrected chi connectivity index (χ4v) is 4.44. The van der Waals surface area contributed by atoms with E-state index in [-0.39, 0.29) is 11.8 Å². The van der Waals surface area contributed by atoms with Gasteiger partial charge in [0.05, 0.1) is 12.2 Å². The van der Waals surface area contributed by atoms with Gasteiger partial charge in [0, 0.05) is 37.3 Å². The normalized spacial score (nSPS) is 19.6. The van der Waals surface area contributed by atoms with Gasteiger partial charge in [-0.1, -0.05) is 24.6 Å². The first-order chi connectivity index (χ1) is 14.8. The Morgan fingerprint density at radius 3 is 2.70 bits per heavy atom. The topological polar surface area (TPSA) is 73.1 Å². The molecular formula is C23H27N5O2. The minimum absolute atomic E-state index is 0.207. The smallest absolute Gasteiger partial charge is 0.225 e. The zero-order valence-electron chi connectivity index (χ0n) is 17.1. The number of carbonyl (C=O) groups is 1. The van der Waals surface area contributed by atoms with Gasteiger partial charge in [0.15, 0.2) is 5.65 Å². The minimum Gasteiger partial charge on any atom is -0.492 e. The number of hydrogen-bond acceptors (Lipinski definition) is 5. The van der Waals surface area contributed by atoms with Crippen LogP contribution in [-0.4, -0.2) is 50.3 Å². The van der Waals surface area contributed by atoms with Crippen LogP contribution in [0.3, 0.4) is 0 Å². The lowest BCUT2D eigenvalue weighted by molar-refractivity contribution is -0.139. The quantitative estimate of drug-likeness (QED) is 0.628. The molecule has 30 heavy (non-hydrogen) atoms. The van der Waals surface area contributed by atoms with E-state index in [1.165, 1.54) is 6.42 Å². The molecule has 1 aromatic carbocycles. The van der Waals surface area contributed by atoms with E-state index in [2.05, 4.69) is 14.9 Å². The van der Waals surface area contributed by atoms with Crippen molar-refractivity contribution in [3.8, 4) is 5.75 Å². The number of fused-ring (bicyclic) bond motifs is 1. The molecule has 156 valence electrons. The molecule has 7 nitrogen and oxygen atoms in total. The largest absolute Gasteiger partial charge is 0.492 e. The third-order valence-electron chi connectivity index (χ3n) is 6.28. The summed E-state index contributed by atoms with van der Waals surface area (Å²) >= 11 is 0. The predicted molar refractivity (Wildman–Crippen MR) is 113 cm³/mol. The highest BCUT2D eigenvalue weighted by Crippen LogP contribution is 2.33. The summed E-state index contributed by atoms with van der Waals surface area (Å²) in [6.45, 7) is 2.70. The van der Waals surface area contributed by atoms with Gasteiger partial charge in [0.1, 0.15) is 17.9 Å². The number of aromatic nitrogens is 4. The van der Waals surface area contributed by atoms with E-state index in [4.69, 9.17) is 9.84 Å². The van der Waals surface area contributed by atoms with Crippen molar-refractivity contribution in [3.05, 3.63) is 48.4 Å². The maximum atomic E-state index is 12.8. The van der Waals surface area contributed by atoms with Crippen LogP contribution in [0, 0.1) is 5.92 Å². The molecule has 0 radical (unpaired) electrons. The molecule has 0 bridgehead atoms. The first-order valence-corrected chi connectivity index (χ1v) is 10.9. The number of rotatable bonds is 6. The van der Waals surface area contributed by atoms with Crippen LogP contribution in [0.5, 0.6) is 5.75 Å². The Hall–Kier alpha value is -2.96. The molecule has 2 aromatic heterocycles. The molecule has 1 atom stereocenters. The van der Waals surface area contributed by atoms with Crippen LogP contribution in [0.4, 0.5) is 0 Å². The molecule has 3 aromatic rings. The summed E-state index contributed by atoms with van der Waals surface area (Å²) in [6.07, 6.45) is 8.73. The summed E-state index contributed by atoms with van der Waals surface area (Å²) in [5.41, 5.74) is 2.59. The Labute approximate surface area is 176 Å². The summed E-state index contributed by atoms with van der Waals surface area (Å²) in [6, 6.07) is 9.78. The Balaban J connectivity index is 1.33. The summed E-state index contributed by atoms with van der Waals surface area (Å²) in [5.74, 6) is 1.63. The SMILES string of the molecule is O=C(C1CCC1)N1CCC[C@@H](c2nn(CCOc3ccccc3)c3nccnc23)C1. The third-order valence-corrected chi connectivity index (χ3v) is 6.28. The van der Waals surface area contributed by atoms with Crippen LogP contribution in [0.25, 0.3) is 11.2 Å². The number of likely N-dealkylation sites (tertiary alicyclic amines) is 1. The number of ether oxygens (including phenoxy) is 1. The van der Waals surface area contributed by atoms with Gasteiger partial charge in [0.2, 0.25) is 5.91 Å². The summed E-state index contributed by atoms with van der Waals surface area (Å²) in [7, 11) is 0. The van der Waals surface area contributed by atoms with Crippen molar-refractivity contribution < 1.29 is 9.53 Å². The molecule has 1 saturated carbocycles. The highest BCUT2D eigenvalue weighted by molar-refractivity contribution is 5.80. The number of para-hydroxylation sites is 1. The van der Waals surface area contributed by atoms with E-state index in [0.717, 1.165) is 61.4 Å². The van der Waals surface area contributed by atoms with Crippen LogP contribution in [-0.2, 0) is 11.3 Å². The van der Waals surface area contributed by atoms with Crippen LogP contribution >= 0.6 is 0 Å². The zero-order chi connectivity index (χ0) is 20.3. The molecule has 1 amide bonds. The number of piperidine rings is 1. The third kappa shape index (κ3) is 3.76. The number of hydrogen-bond donors (Lipinski definition) is 0. The predicted octanol–water partition coefficient (Wildman–Crippen LogP) is 3.41. The second kappa shape index (κ2) is 8.42. The van der Waals surface area contributed by atoms with Crippen LogP contribution in [0.1, 0.15) is 43.7 Å². The second-order valence-electron chi connectivity index (χ2n) is 8.25. The Morgan fingerprint density at radius 1 is 1.07 bits per heavy atom. The van der Waals surface area contributed by atoms with Gasteiger partial charge < -0.3 is 9.64 Å². The van der Waals surface area contributed by atoms with E-state index in [1.54, 1.807) is 12.4 Å².